The van der Waals surface area contributed by atoms with Crippen LogP contribution in [-0.2, 0) is 6.54 Å². The molecule has 0 atom stereocenters. The molecule has 100 valence electrons. The third kappa shape index (κ3) is 3.89. The van der Waals surface area contributed by atoms with Crippen molar-refractivity contribution in [1.82, 2.24) is 4.90 Å². The van der Waals surface area contributed by atoms with E-state index in [4.69, 9.17) is 11.6 Å². The standard InChI is InChI=1S/C15H22ClNO/c1-17(10-12-5-3-2-4-6-12)11-13-7-8-15(18)14(16)9-13/h7-9,12,18H,2-6,10-11H2,1H3. The van der Waals surface area contributed by atoms with E-state index in [2.05, 4.69) is 11.9 Å². The number of nitrogens with zero attached hydrogens (tertiary/aromatic N) is 1. The Bertz CT molecular complexity index is 388. The SMILES string of the molecule is CN(Cc1ccc(O)c(Cl)c1)CC1CCCCC1. The molecule has 0 heterocycles. The minimum Gasteiger partial charge on any atom is -0.506 e. The summed E-state index contributed by atoms with van der Waals surface area (Å²) in [7, 11) is 2.16. The van der Waals surface area contributed by atoms with E-state index in [1.54, 1.807) is 6.07 Å². The molecule has 0 aliphatic heterocycles. The number of rotatable bonds is 4. The summed E-state index contributed by atoms with van der Waals surface area (Å²) in [6, 6.07) is 5.47. The first-order valence-corrected chi connectivity index (χ1v) is 7.19. The molecular weight excluding hydrogens is 246 g/mol. The van der Waals surface area contributed by atoms with E-state index < -0.39 is 0 Å². The van der Waals surface area contributed by atoms with Gasteiger partial charge in [-0.25, -0.2) is 0 Å². The molecule has 1 saturated carbocycles. The first-order valence-electron chi connectivity index (χ1n) is 6.81. The highest BCUT2D eigenvalue weighted by Crippen LogP contribution is 2.26. The summed E-state index contributed by atoms with van der Waals surface area (Å²) < 4.78 is 0. The first-order chi connectivity index (χ1) is 8.65. The zero-order chi connectivity index (χ0) is 13.0. The molecule has 1 aliphatic rings. The van der Waals surface area contributed by atoms with Crippen molar-refractivity contribution in [2.45, 2.75) is 38.6 Å². The second-order valence-electron chi connectivity index (χ2n) is 5.49. The molecule has 2 rings (SSSR count). The van der Waals surface area contributed by atoms with Gasteiger partial charge in [0.15, 0.2) is 0 Å². The molecule has 0 spiro atoms. The Balaban J connectivity index is 1.85. The van der Waals surface area contributed by atoms with Crippen LogP contribution in [0.4, 0.5) is 0 Å². The minimum absolute atomic E-state index is 0.162. The topological polar surface area (TPSA) is 23.5 Å². The molecular formula is C15H22ClNO. The summed E-state index contributed by atoms with van der Waals surface area (Å²) in [5.74, 6) is 1.02. The van der Waals surface area contributed by atoms with Crippen molar-refractivity contribution in [1.29, 1.82) is 0 Å². The Labute approximate surface area is 115 Å². The van der Waals surface area contributed by atoms with Gasteiger partial charge in [-0.05, 0) is 43.5 Å². The number of benzene rings is 1. The van der Waals surface area contributed by atoms with Crippen LogP contribution in [0.5, 0.6) is 5.75 Å². The molecule has 2 nitrogen and oxygen atoms in total. The third-order valence-electron chi connectivity index (χ3n) is 3.76. The van der Waals surface area contributed by atoms with Crippen LogP contribution in [-0.4, -0.2) is 23.6 Å². The molecule has 1 fully saturated rings. The second-order valence-corrected chi connectivity index (χ2v) is 5.89. The number of aromatic hydroxyl groups is 1. The molecule has 0 aromatic heterocycles. The number of halogens is 1. The smallest absolute Gasteiger partial charge is 0.134 e. The van der Waals surface area contributed by atoms with Gasteiger partial charge in [-0.2, -0.15) is 0 Å². The summed E-state index contributed by atoms with van der Waals surface area (Å²) in [4.78, 5) is 2.36. The lowest BCUT2D eigenvalue weighted by molar-refractivity contribution is 0.228. The highest BCUT2D eigenvalue weighted by Gasteiger charge is 2.15. The van der Waals surface area contributed by atoms with Gasteiger partial charge in [0, 0.05) is 13.1 Å². The van der Waals surface area contributed by atoms with Gasteiger partial charge in [0.2, 0.25) is 0 Å². The van der Waals surface area contributed by atoms with Crippen LogP contribution in [0, 0.1) is 5.92 Å². The van der Waals surface area contributed by atoms with Crippen LogP contribution >= 0.6 is 11.6 Å². The third-order valence-corrected chi connectivity index (χ3v) is 4.06. The van der Waals surface area contributed by atoms with Crippen LogP contribution in [0.1, 0.15) is 37.7 Å². The molecule has 0 unspecified atom stereocenters. The predicted octanol–water partition coefficient (Wildman–Crippen LogP) is 4.06. The lowest BCUT2D eigenvalue weighted by Gasteiger charge is -2.27. The van der Waals surface area contributed by atoms with Gasteiger partial charge in [0.25, 0.3) is 0 Å². The Kier molecular flexibility index (Phi) is 4.90. The lowest BCUT2D eigenvalue weighted by atomic mass is 9.89. The first kappa shape index (κ1) is 13.7. The van der Waals surface area contributed by atoms with Crippen molar-refractivity contribution in [3.63, 3.8) is 0 Å². The highest BCUT2D eigenvalue weighted by atomic mass is 35.5. The van der Waals surface area contributed by atoms with Crippen molar-refractivity contribution in [2.24, 2.45) is 5.92 Å². The lowest BCUT2D eigenvalue weighted by Crippen LogP contribution is -2.26. The van der Waals surface area contributed by atoms with Crippen molar-refractivity contribution in [2.75, 3.05) is 13.6 Å². The van der Waals surface area contributed by atoms with E-state index in [1.807, 2.05) is 12.1 Å². The number of hydrogen-bond acceptors (Lipinski definition) is 2. The second kappa shape index (κ2) is 6.44. The van der Waals surface area contributed by atoms with Gasteiger partial charge in [-0.3, -0.25) is 0 Å². The fourth-order valence-corrected chi connectivity index (χ4v) is 3.04. The predicted molar refractivity (Wildman–Crippen MR) is 76.0 cm³/mol. The quantitative estimate of drug-likeness (QED) is 0.889. The Hall–Kier alpha value is -0.730. The zero-order valence-corrected chi connectivity index (χ0v) is 11.8. The van der Waals surface area contributed by atoms with Crippen LogP contribution in [0.3, 0.4) is 0 Å². The van der Waals surface area contributed by atoms with Gasteiger partial charge in [-0.15, -0.1) is 0 Å². The molecule has 1 N–H and O–H groups in total. The summed E-state index contributed by atoms with van der Waals surface area (Å²) >= 11 is 5.92. The monoisotopic (exact) mass is 267 g/mol. The normalized spacial score (nSPS) is 17.3. The Morgan fingerprint density at radius 1 is 1.28 bits per heavy atom. The van der Waals surface area contributed by atoms with Crippen LogP contribution < -0.4 is 0 Å². The van der Waals surface area contributed by atoms with E-state index in [0.717, 1.165) is 18.0 Å². The molecule has 0 bridgehead atoms. The Morgan fingerprint density at radius 2 is 2.00 bits per heavy atom. The number of phenols is 1. The van der Waals surface area contributed by atoms with Gasteiger partial charge in [-0.1, -0.05) is 36.9 Å². The molecule has 1 aliphatic carbocycles. The zero-order valence-electron chi connectivity index (χ0n) is 11.0. The maximum absolute atomic E-state index is 9.39. The van der Waals surface area contributed by atoms with Crippen molar-refractivity contribution >= 4 is 11.6 Å². The minimum atomic E-state index is 0.162. The average Bonchev–Trinajstić information content (AvgIpc) is 2.35. The maximum atomic E-state index is 9.39. The van der Waals surface area contributed by atoms with Crippen LogP contribution in [0.15, 0.2) is 18.2 Å². The molecule has 1 aromatic carbocycles. The van der Waals surface area contributed by atoms with Gasteiger partial charge in [0.1, 0.15) is 5.75 Å². The molecule has 0 saturated heterocycles. The fraction of sp³-hybridized carbons (Fsp3) is 0.600. The summed E-state index contributed by atoms with van der Waals surface area (Å²) in [6.45, 7) is 2.06. The molecule has 18 heavy (non-hydrogen) atoms. The average molecular weight is 268 g/mol. The molecule has 1 aromatic rings. The van der Waals surface area contributed by atoms with Gasteiger partial charge >= 0.3 is 0 Å². The van der Waals surface area contributed by atoms with Crippen LogP contribution in [0.2, 0.25) is 5.02 Å². The van der Waals surface area contributed by atoms with E-state index >= 15 is 0 Å². The highest BCUT2D eigenvalue weighted by molar-refractivity contribution is 6.32. The molecule has 0 radical (unpaired) electrons. The maximum Gasteiger partial charge on any atom is 0.134 e. The van der Waals surface area contributed by atoms with Crippen molar-refractivity contribution in [3.05, 3.63) is 28.8 Å². The van der Waals surface area contributed by atoms with E-state index in [1.165, 1.54) is 38.6 Å². The number of phenolic OH excluding ortho intramolecular Hbond substituents is 1. The van der Waals surface area contributed by atoms with Gasteiger partial charge < -0.3 is 10.0 Å². The van der Waals surface area contributed by atoms with Crippen LogP contribution in [0.25, 0.3) is 0 Å². The fourth-order valence-electron chi connectivity index (χ4n) is 2.84. The summed E-state index contributed by atoms with van der Waals surface area (Å²) in [5, 5.41) is 9.84. The van der Waals surface area contributed by atoms with E-state index in [-0.39, 0.29) is 5.75 Å². The van der Waals surface area contributed by atoms with Gasteiger partial charge in [0.05, 0.1) is 5.02 Å². The van der Waals surface area contributed by atoms with E-state index in [9.17, 15) is 5.11 Å². The molecule has 0 amide bonds. The summed E-state index contributed by atoms with van der Waals surface area (Å²) in [5.41, 5.74) is 1.16. The summed E-state index contributed by atoms with van der Waals surface area (Å²) in [6.07, 6.45) is 6.95. The van der Waals surface area contributed by atoms with E-state index in [0.29, 0.717) is 5.02 Å². The largest absolute Gasteiger partial charge is 0.506 e. The van der Waals surface area contributed by atoms with Crippen molar-refractivity contribution < 1.29 is 5.11 Å². The number of hydrogen-bond donors (Lipinski definition) is 1. The van der Waals surface area contributed by atoms with Crippen molar-refractivity contribution in [3.8, 4) is 5.75 Å². The Morgan fingerprint density at radius 3 is 2.67 bits per heavy atom. The molecule has 3 heteroatoms.